The SMILES string of the molecule is C=P(O)(OC)OCC1OCCC1OP(=C)(O)OCCCCCCCC(=O)C1CCC(CN2C(=O)C=CC2=O)CC1. The van der Waals surface area contributed by atoms with Crippen LogP contribution in [0.3, 0.4) is 0 Å². The van der Waals surface area contributed by atoms with E-state index >= 15 is 0 Å². The lowest BCUT2D eigenvalue weighted by Crippen LogP contribution is -2.36. The third-order valence-electron chi connectivity index (χ3n) is 7.68. The number of carbonyl (C=O) groups excluding carboxylic acids is 3. The number of carbonyl (C=O) groups is 3. The van der Waals surface area contributed by atoms with Crippen LogP contribution in [0.15, 0.2) is 12.2 Å². The van der Waals surface area contributed by atoms with Gasteiger partial charge in [-0.25, -0.2) is 0 Å². The smallest absolute Gasteiger partial charge is 0.253 e. The summed E-state index contributed by atoms with van der Waals surface area (Å²) in [7, 11) is -5.10. The minimum Gasteiger partial charge on any atom is -0.373 e. The van der Waals surface area contributed by atoms with E-state index in [0.29, 0.717) is 38.4 Å². The molecule has 0 aromatic rings. The van der Waals surface area contributed by atoms with E-state index in [1.807, 2.05) is 0 Å². The molecule has 3 rings (SSSR count). The summed E-state index contributed by atoms with van der Waals surface area (Å²) in [6.45, 7) is 1.24. The summed E-state index contributed by atoms with van der Waals surface area (Å²) < 4.78 is 26.9. The minimum atomic E-state index is -3.28. The van der Waals surface area contributed by atoms with Gasteiger partial charge >= 0.3 is 0 Å². The lowest BCUT2D eigenvalue weighted by atomic mass is 9.79. The molecule has 11 nitrogen and oxygen atoms in total. The van der Waals surface area contributed by atoms with Crippen LogP contribution in [0.4, 0.5) is 0 Å². The van der Waals surface area contributed by atoms with Gasteiger partial charge in [-0.05, 0) is 57.0 Å². The fourth-order valence-corrected chi connectivity index (χ4v) is 6.89. The first-order valence-corrected chi connectivity index (χ1v) is 17.7. The van der Waals surface area contributed by atoms with Crippen molar-refractivity contribution in [2.75, 3.05) is 33.5 Å². The number of rotatable bonds is 18. The zero-order chi connectivity index (χ0) is 29.2. The second-order valence-electron chi connectivity index (χ2n) is 10.8. The zero-order valence-corrected chi connectivity index (χ0v) is 25.3. The Morgan fingerprint density at radius 3 is 2.30 bits per heavy atom. The number of hydrogen-bond acceptors (Lipinski definition) is 10. The highest BCUT2D eigenvalue weighted by Crippen LogP contribution is 2.47. The van der Waals surface area contributed by atoms with E-state index in [9.17, 15) is 24.2 Å². The molecule has 0 radical (unpaired) electrons. The van der Waals surface area contributed by atoms with Gasteiger partial charge in [-0.15, -0.1) is 0 Å². The quantitative estimate of drug-likeness (QED) is 0.134. The molecule has 4 atom stereocenters. The molecule has 2 fully saturated rings. The molecular weight excluding hydrogens is 560 g/mol. The van der Waals surface area contributed by atoms with Crippen molar-refractivity contribution in [2.24, 2.45) is 11.8 Å². The molecule has 0 aromatic heterocycles. The lowest BCUT2D eigenvalue weighted by molar-refractivity contribution is -0.138. The third-order valence-corrected chi connectivity index (χ3v) is 9.99. The summed E-state index contributed by atoms with van der Waals surface area (Å²) in [6.07, 6.45) is 17.9. The van der Waals surface area contributed by atoms with E-state index in [1.165, 1.54) is 24.2 Å². The van der Waals surface area contributed by atoms with Crippen LogP contribution in [0, 0.1) is 11.8 Å². The van der Waals surface area contributed by atoms with Crippen LogP contribution in [0.2, 0.25) is 0 Å². The third kappa shape index (κ3) is 10.9. The largest absolute Gasteiger partial charge is 0.373 e. The normalized spacial score (nSPS) is 28.1. The van der Waals surface area contributed by atoms with Gasteiger partial charge in [0.05, 0.1) is 19.3 Å². The van der Waals surface area contributed by atoms with Gasteiger partial charge in [0.1, 0.15) is 11.9 Å². The highest BCUT2D eigenvalue weighted by molar-refractivity contribution is 7.58. The average Bonchev–Trinajstić information content (AvgIpc) is 3.49. The van der Waals surface area contributed by atoms with Crippen molar-refractivity contribution in [1.82, 2.24) is 4.90 Å². The van der Waals surface area contributed by atoms with Crippen LogP contribution in [0.5, 0.6) is 0 Å². The molecule has 228 valence electrons. The highest BCUT2D eigenvalue weighted by atomic mass is 31.2. The molecule has 3 aliphatic rings. The van der Waals surface area contributed by atoms with Crippen LogP contribution in [-0.2, 0) is 37.2 Å². The van der Waals surface area contributed by atoms with Crippen molar-refractivity contribution in [2.45, 2.75) is 82.8 Å². The number of Topliss-reactive ketones (excluding diaryl/α,β-unsaturated/α-hetero) is 1. The predicted molar refractivity (Wildman–Crippen MR) is 155 cm³/mol. The van der Waals surface area contributed by atoms with Crippen LogP contribution in [0.1, 0.15) is 70.6 Å². The van der Waals surface area contributed by atoms with Crippen molar-refractivity contribution in [3.05, 3.63) is 12.2 Å². The summed E-state index contributed by atoms with van der Waals surface area (Å²) in [5.74, 6) is 0.223. The van der Waals surface area contributed by atoms with E-state index in [1.54, 1.807) is 0 Å². The molecule has 2 N–H and O–H groups in total. The number of unbranched alkanes of at least 4 members (excludes halogenated alkanes) is 4. The van der Waals surface area contributed by atoms with E-state index in [-0.39, 0.29) is 30.3 Å². The molecule has 1 aliphatic carbocycles. The Morgan fingerprint density at radius 1 is 0.975 bits per heavy atom. The van der Waals surface area contributed by atoms with E-state index in [4.69, 9.17) is 22.8 Å². The summed E-state index contributed by atoms with van der Waals surface area (Å²) in [6, 6.07) is 0. The van der Waals surface area contributed by atoms with Crippen LogP contribution in [-0.4, -0.2) is 90.6 Å². The van der Waals surface area contributed by atoms with Gasteiger partial charge in [0.25, 0.3) is 11.8 Å². The van der Waals surface area contributed by atoms with Crippen LogP contribution >= 0.6 is 15.1 Å². The summed E-state index contributed by atoms with van der Waals surface area (Å²) in [5, 5.41) is 0. The zero-order valence-electron chi connectivity index (χ0n) is 23.5. The molecule has 2 heterocycles. The highest BCUT2D eigenvalue weighted by Gasteiger charge is 2.34. The number of amides is 2. The van der Waals surface area contributed by atoms with Crippen LogP contribution in [0.25, 0.3) is 0 Å². The van der Waals surface area contributed by atoms with E-state index in [2.05, 4.69) is 12.6 Å². The summed E-state index contributed by atoms with van der Waals surface area (Å²) in [5.41, 5.74) is 0. The average molecular weight is 606 g/mol. The second kappa shape index (κ2) is 15.9. The monoisotopic (exact) mass is 605 g/mol. The Kier molecular flexibility index (Phi) is 13.3. The number of imide groups is 1. The van der Waals surface area contributed by atoms with Crippen molar-refractivity contribution < 1.29 is 47.0 Å². The number of ketones is 1. The van der Waals surface area contributed by atoms with Crippen LogP contribution < -0.4 is 0 Å². The van der Waals surface area contributed by atoms with Gasteiger partial charge < -0.3 is 32.6 Å². The van der Waals surface area contributed by atoms with Crippen molar-refractivity contribution >= 4 is 45.3 Å². The molecule has 2 amide bonds. The topological polar surface area (TPSA) is 141 Å². The van der Waals surface area contributed by atoms with Gasteiger partial charge in [0, 0.05) is 51.2 Å². The Bertz CT molecular complexity index is 976. The second-order valence-corrected chi connectivity index (χ2v) is 14.4. The molecule has 0 aromatic carbocycles. The maximum atomic E-state index is 12.6. The van der Waals surface area contributed by atoms with Gasteiger partial charge in [-0.3, -0.25) is 19.3 Å². The number of nitrogens with zero attached hydrogens (tertiary/aromatic N) is 1. The summed E-state index contributed by atoms with van der Waals surface area (Å²) in [4.78, 5) is 57.8. The fraction of sp³-hybridized carbons (Fsp3) is 0.741. The Morgan fingerprint density at radius 2 is 1.62 bits per heavy atom. The number of ether oxygens (including phenoxy) is 1. The molecule has 0 bridgehead atoms. The molecule has 0 spiro atoms. The first kappa shape index (κ1) is 33.4. The molecular formula is C27H45NO10P2. The molecule has 40 heavy (non-hydrogen) atoms. The standard InChI is InChI=1S/C27H45NO10P2/c1-34-39(2,32)37-20-25-24(16-18-35-25)38-40(3,33)36-17-8-6-4-5-7-9-23(29)22-12-10-21(11-13-22)19-28-26(30)14-15-27(28)31/h14-15,21-22,24-25,32-33H,2-13,16-20H2,1H3. The van der Waals surface area contributed by atoms with Gasteiger partial charge in [-0.2, -0.15) is 0 Å². The number of hydrogen-bond donors (Lipinski definition) is 2. The first-order chi connectivity index (χ1) is 19.0. The summed E-state index contributed by atoms with van der Waals surface area (Å²) >= 11 is 0. The Labute approximate surface area is 237 Å². The van der Waals surface area contributed by atoms with E-state index < -0.39 is 27.3 Å². The molecule has 1 saturated carbocycles. The maximum absolute atomic E-state index is 12.6. The fourth-order valence-electron chi connectivity index (χ4n) is 5.27. The molecule has 13 heteroatoms. The molecule has 4 unspecified atom stereocenters. The molecule has 2 aliphatic heterocycles. The van der Waals surface area contributed by atoms with Crippen molar-refractivity contribution in [1.29, 1.82) is 0 Å². The molecule has 1 saturated heterocycles. The van der Waals surface area contributed by atoms with Crippen molar-refractivity contribution in [3.63, 3.8) is 0 Å². The Hall–Kier alpha value is -1.13. The van der Waals surface area contributed by atoms with Gasteiger partial charge in [0.2, 0.25) is 15.1 Å². The van der Waals surface area contributed by atoms with Gasteiger partial charge in [0.15, 0.2) is 0 Å². The minimum absolute atomic E-state index is 0.0248. The maximum Gasteiger partial charge on any atom is 0.253 e. The Balaban J connectivity index is 1.20. The first-order valence-electron chi connectivity index (χ1n) is 14.1. The lowest BCUT2D eigenvalue weighted by Gasteiger charge is -2.30. The van der Waals surface area contributed by atoms with Gasteiger partial charge in [-0.1, -0.05) is 19.3 Å². The van der Waals surface area contributed by atoms with Crippen molar-refractivity contribution in [3.8, 4) is 0 Å². The predicted octanol–water partition coefficient (Wildman–Crippen LogP) is 3.86. The van der Waals surface area contributed by atoms with E-state index in [0.717, 1.165) is 57.8 Å².